The monoisotopic (exact) mass is 310 g/mol. The van der Waals surface area contributed by atoms with Crippen LogP contribution in [0.3, 0.4) is 0 Å². The molecule has 23 heavy (non-hydrogen) atoms. The van der Waals surface area contributed by atoms with Crippen LogP contribution in [0.5, 0.6) is 11.5 Å². The molecule has 2 aromatic carbocycles. The molecule has 1 aromatic heterocycles. The molecule has 0 fully saturated rings. The third-order valence-corrected chi connectivity index (χ3v) is 3.68. The SMILES string of the molecule is COc1cc2ncnc(Nc3ccc(C)c(N)c3)c2cc1OC. The minimum atomic E-state index is 0.626. The number of hydrogen-bond acceptors (Lipinski definition) is 6. The van der Waals surface area contributed by atoms with Gasteiger partial charge in [-0.3, -0.25) is 0 Å². The maximum Gasteiger partial charge on any atom is 0.162 e. The molecule has 0 radical (unpaired) electrons. The Morgan fingerprint density at radius 3 is 2.43 bits per heavy atom. The van der Waals surface area contributed by atoms with E-state index in [1.54, 1.807) is 14.2 Å². The van der Waals surface area contributed by atoms with Crippen molar-refractivity contribution in [2.45, 2.75) is 6.92 Å². The van der Waals surface area contributed by atoms with Crippen LogP contribution in [-0.2, 0) is 0 Å². The lowest BCUT2D eigenvalue weighted by molar-refractivity contribution is 0.356. The molecule has 3 N–H and O–H groups in total. The highest BCUT2D eigenvalue weighted by atomic mass is 16.5. The lowest BCUT2D eigenvalue weighted by atomic mass is 10.1. The molecular formula is C17H18N4O2. The van der Waals surface area contributed by atoms with Gasteiger partial charge in [-0.25, -0.2) is 9.97 Å². The maximum absolute atomic E-state index is 5.96. The van der Waals surface area contributed by atoms with Gasteiger partial charge in [0.1, 0.15) is 12.1 Å². The summed E-state index contributed by atoms with van der Waals surface area (Å²) in [6, 6.07) is 9.48. The highest BCUT2D eigenvalue weighted by molar-refractivity contribution is 5.93. The first kappa shape index (κ1) is 14.9. The Balaban J connectivity index is 2.08. The van der Waals surface area contributed by atoms with E-state index in [0.717, 1.165) is 27.8 Å². The Labute approximate surface area is 134 Å². The number of methoxy groups -OCH3 is 2. The van der Waals surface area contributed by atoms with Gasteiger partial charge in [-0.15, -0.1) is 0 Å². The summed E-state index contributed by atoms with van der Waals surface area (Å²) in [5.41, 5.74) is 9.35. The fourth-order valence-corrected chi connectivity index (χ4v) is 2.34. The number of aromatic nitrogens is 2. The Kier molecular flexibility index (Phi) is 3.89. The van der Waals surface area contributed by atoms with Gasteiger partial charge in [0, 0.05) is 22.8 Å². The molecule has 0 saturated carbocycles. The Morgan fingerprint density at radius 2 is 1.74 bits per heavy atom. The minimum absolute atomic E-state index is 0.626. The number of nitrogens with two attached hydrogens (primary N) is 1. The zero-order valence-electron chi connectivity index (χ0n) is 13.3. The number of hydrogen-bond donors (Lipinski definition) is 2. The number of benzene rings is 2. The van der Waals surface area contributed by atoms with Gasteiger partial charge < -0.3 is 20.5 Å². The number of nitrogen functional groups attached to an aromatic ring is 1. The molecule has 0 aliphatic carbocycles. The van der Waals surface area contributed by atoms with Gasteiger partial charge >= 0.3 is 0 Å². The van der Waals surface area contributed by atoms with Crippen molar-refractivity contribution in [2.24, 2.45) is 0 Å². The topological polar surface area (TPSA) is 82.3 Å². The molecule has 0 unspecified atom stereocenters. The summed E-state index contributed by atoms with van der Waals surface area (Å²) >= 11 is 0. The number of ether oxygens (including phenoxy) is 2. The molecule has 0 aliphatic rings. The number of fused-ring (bicyclic) bond motifs is 1. The fraction of sp³-hybridized carbons (Fsp3) is 0.176. The standard InChI is InChI=1S/C17H18N4O2/c1-10-4-5-11(6-13(10)18)21-17-12-7-15(22-2)16(23-3)8-14(12)19-9-20-17/h4-9H,18H2,1-3H3,(H,19,20,21). The number of rotatable bonds is 4. The third-order valence-electron chi connectivity index (χ3n) is 3.68. The second kappa shape index (κ2) is 6.00. The summed E-state index contributed by atoms with van der Waals surface area (Å²) in [6.07, 6.45) is 1.51. The molecule has 3 rings (SSSR count). The molecule has 6 heteroatoms. The van der Waals surface area contributed by atoms with Crippen LogP contribution < -0.4 is 20.5 Å². The summed E-state index contributed by atoms with van der Waals surface area (Å²) in [5, 5.41) is 4.11. The van der Waals surface area contributed by atoms with Crippen LogP contribution in [0.25, 0.3) is 10.9 Å². The van der Waals surface area contributed by atoms with Gasteiger partial charge in [0.25, 0.3) is 0 Å². The predicted octanol–water partition coefficient (Wildman–Crippen LogP) is 3.28. The smallest absolute Gasteiger partial charge is 0.162 e. The quantitative estimate of drug-likeness (QED) is 0.720. The zero-order valence-corrected chi connectivity index (χ0v) is 13.3. The van der Waals surface area contributed by atoms with Crippen LogP contribution >= 0.6 is 0 Å². The number of nitrogens with zero attached hydrogens (tertiary/aromatic N) is 2. The van der Waals surface area contributed by atoms with Crippen molar-refractivity contribution >= 4 is 28.1 Å². The highest BCUT2D eigenvalue weighted by Crippen LogP contribution is 2.34. The van der Waals surface area contributed by atoms with E-state index in [0.29, 0.717) is 17.3 Å². The molecule has 0 atom stereocenters. The largest absolute Gasteiger partial charge is 0.493 e. The molecule has 6 nitrogen and oxygen atoms in total. The molecule has 0 aliphatic heterocycles. The van der Waals surface area contributed by atoms with E-state index in [1.807, 2.05) is 37.3 Å². The van der Waals surface area contributed by atoms with E-state index in [4.69, 9.17) is 15.2 Å². The minimum Gasteiger partial charge on any atom is -0.493 e. The summed E-state index contributed by atoms with van der Waals surface area (Å²) in [5.74, 6) is 1.93. The van der Waals surface area contributed by atoms with E-state index in [-0.39, 0.29) is 0 Å². The zero-order chi connectivity index (χ0) is 16.4. The Morgan fingerprint density at radius 1 is 1.00 bits per heavy atom. The summed E-state index contributed by atoms with van der Waals surface area (Å²) < 4.78 is 10.7. The molecular weight excluding hydrogens is 292 g/mol. The van der Waals surface area contributed by atoms with Crippen LogP contribution in [0.2, 0.25) is 0 Å². The van der Waals surface area contributed by atoms with Crippen LogP contribution in [0.4, 0.5) is 17.2 Å². The van der Waals surface area contributed by atoms with E-state index >= 15 is 0 Å². The normalized spacial score (nSPS) is 10.6. The fourth-order valence-electron chi connectivity index (χ4n) is 2.34. The van der Waals surface area contributed by atoms with Crippen molar-refractivity contribution in [3.8, 4) is 11.5 Å². The predicted molar refractivity (Wildman–Crippen MR) is 91.5 cm³/mol. The van der Waals surface area contributed by atoms with Crippen LogP contribution in [0.15, 0.2) is 36.7 Å². The first-order valence-electron chi connectivity index (χ1n) is 7.12. The van der Waals surface area contributed by atoms with Crippen molar-refractivity contribution in [2.75, 3.05) is 25.3 Å². The second-order valence-corrected chi connectivity index (χ2v) is 5.14. The molecule has 1 heterocycles. The molecule has 0 amide bonds. The molecule has 118 valence electrons. The average molecular weight is 310 g/mol. The van der Waals surface area contributed by atoms with Crippen molar-refractivity contribution < 1.29 is 9.47 Å². The highest BCUT2D eigenvalue weighted by Gasteiger charge is 2.11. The number of nitrogens with one attached hydrogen (secondary N) is 1. The van der Waals surface area contributed by atoms with E-state index in [1.165, 1.54) is 6.33 Å². The van der Waals surface area contributed by atoms with Crippen LogP contribution in [0, 0.1) is 6.92 Å². The maximum atomic E-state index is 5.96. The van der Waals surface area contributed by atoms with Crippen LogP contribution in [0.1, 0.15) is 5.56 Å². The van der Waals surface area contributed by atoms with Crippen molar-refractivity contribution in [3.63, 3.8) is 0 Å². The molecule has 0 bridgehead atoms. The van der Waals surface area contributed by atoms with Crippen molar-refractivity contribution in [1.29, 1.82) is 0 Å². The molecule has 0 saturated heterocycles. The van der Waals surface area contributed by atoms with Crippen molar-refractivity contribution in [3.05, 3.63) is 42.2 Å². The van der Waals surface area contributed by atoms with Crippen molar-refractivity contribution in [1.82, 2.24) is 9.97 Å². The van der Waals surface area contributed by atoms with E-state index < -0.39 is 0 Å². The van der Waals surface area contributed by atoms with Gasteiger partial charge in [-0.1, -0.05) is 6.07 Å². The van der Waals surface area contributed by atoms with Gasteiger partial charge in [0.2, 0.25) is 0 Å². The number of anilines is 3. The summed E-state index contributed by atoms with van der Waals surface area (Å²) in [4.78, 5) is 8.61. The van der Waals surface area contributed by atoms with Gasteiger partial charge in [0.15, 0.2) is 11.5 Å². The Hall–Kier alpha value is -3.02. The van der Waals surface area contributed by atoms with Gasteiger partial charge in [-0.2, -0.15) is 0 Å². The lowest BCUT2D eigenvalue weighted by Crippen LogP contribution is -1.99. The first-order chi connectivity index (χ1) is 11.1. The molecule has 3 aromatic rings. The van der Waals surface area contributed by atoms with Gasteiger partial charge in [0.05, 0.1) is 19.7 Å². The average Bonchev–Trinajstić information content (AvgIpc) is 2.57. The van der Waals surface area contributed by atoms with E-state index in [2.05, 4.69) is 15.3 Å². The lowest BCUT2D eigenvalue weighted by Gasteiger charge is -2.12. The second-order valence-electron chi connectivity index (χ2n) is 5.14. The Bertz CT molecular complexity index is 865. The summed E-state index contributed by atoms with van der Waals surface area (Å²) in [7, 11) is 3.19. The number of aryl methyl sites for hydroxylation is 1. The summed E-state index contributed by atoms with van der Waals surface area (Å²) in [6.45, 7) is 1.97. The van der Waals surface area contributed by atoms with E-state index in [9.17, 15) is 0 Å². The third kappa shape index (κ3) is 2.83. The molecule has 0 spiro atoms. The van der Waals surface area contributed by atoms with Crippen LogP contribution in [-0.4, -0.2) is 24.2 Å². The first-order valence-corrected chi connectivity index (χ1v) is 7.12. The van der Waals surface area contributed by atoms with Gasteiger partial charge in [-0.05, 0) is 30.7 Å².